The van der Waals surface area contributed by atoms with Crippen LogP contribution in [-0.4, -0.2) is 0 Å². The molecular formula is C54H39NS. The lowest BCUT2D eigenvalue weighted by Crippen LogP contribution is -2.28. The molecule has 10 rings (SSSR count). The predicted molar refractivity (Wildman–Crippen MR) is 238 cm³/mol. The first-order valence-corrected chi connectivity index (χ1v) is 20.2. The van der Waals surface area contributed by atoms with Crippen molar-refractivity contribution in [2.75, 3.05) is 0 Å². The molecule has 9 aromatic rings. The van der Waals surface area contributed by atoms with Crippen LogP contribution in [0, 0.1) is 32.1 Å². The highest BCUT2D eigenvalue weighted by Crippen LogP contribution is 2.58. The van der Waals surface area contributed by atoms with Crippen molar-refractivity contribution in [2.24, 2.45) is 0 Å². The van der Waals surface area contributed by atoms with Crippen molar-refractivity contribution in [2.45, 2.75) is 32.6 Å². The third-order valence-electron chi connectivity index (χ3n) is 11.9. The van der Waals surface area contributed by atoms with Crippen LogP contribution in [0.25, 0.3) is 53.7 Å². The minimum Gasteiger partial charge on any atom is -0.192 e. The molecule has 0 saturated carbocycles. The molecule has 0 N–H and O–H groups in total. The molecule has 1 aromatic heterocycles. The second-order valence-electron chi connectivity index (χ2n) is 15.4. The highest BCUT2D eigenvalue weighted by Gasteiger charge is 2.47. The molecule has 0 atom stereocenters. The molecule has 266 valence electrons. The summed E-state index contributed by atoms with van der Waals surface area (Å²) in [6.07, 6.45) is 3.10. The van der Waals surface area contributed by atoms with Crippen molar-refractivity contribution in [3.8, 4) is 17.2 Å². The average Bonchev–Trinajstić information content (AvgIpc) is 3.75. The lowest BCUT2D eigenvalue weighted by Gasteiger charge is -2.34. The minimum absolute atomic E-state index is 0.530. The smallest absolute Gasteiger partial charge is 0.0991 e. The van der Waals surface area contributed by atoms with Gasteiger partial charge in [0.1, 0.15) is 0 Å². The van der Waals surface area contributed by atoms with E-state index in [0.29, 0.717) is 12.0 Å². The van der Waals surface area contributed by atoms with Gasteiger partial charge in [0.2, 0.25) is 0 Å². The van der Waals surface area contributed by atoms with E-state index in [-0.39, 0.29) is 0 Å². The number of aryl methyl sites for hydroxylation is 3. The molecule has 1 aliphatic rings. The second kappa shape index (κ2) is 13.3. The fraction of sp³-hybridized carbons (Fsp3) is 0.0926. The van der Waals surface area contributed by atoms with Crippen LogP contribution >= 0.6 is 11.3 Å². The van der Waals surface area contributed by atoms with Crippen molar-refractivity contribution >= 4 is 53.9 Å². The third kappa shape index (κ3) is 5.35. The van der Waals surface area contributed by atoms with Gasteiger partial charge in [0.25, 0.3) is 0 Å². The van der Waals surface area contributed by atoms with Gasteiger partial charge >= 0.3 is 0 Å². The number of allylic oxidation sites excluding steroid dienone is 1. The van der Waals surface area contributed by atoms with E-state index in [1.165, 1.54) is 92.2 Å². The molecule has 0 aliphatic heterocycles. The number of rotatable bonds is 6. The van der Waals surface area contributed by atoms with E-state index in [9.17, 15) is 5.26 Å². The molecule has 0 fully saturated rings. The number of thiophene rings is 1. The van der Waals surface area contributed by atoms with E-state index >= 15 is 0 Å². The number of nitriles is 1. The number of hydrogen-bond acceptors (Lipinski definition) is 2. The summed E-state index contributed by atoms with van der Waals surface area (Å²) in [5.74, 6) is 0. The number of hydrogen-bond donors (Lipinski definition) is 0. The zero-order chi connectivity index (χ0) is 38.0. The minimum atomic E-state index is -0.530. The largest absolute Gasteiger partial charge is 0.192 e. The number of fused-ring (bicyclic) bond motifs is 8. The van der Waals surface area contributed by atoms with Crippen LogP contribution in [-0.2, 0) is 11.8 Å². The van der Waals surface area contributed by atoms with Crippen molar-refractivity contribution < 1.29 is 0 Å². The first-order chi connectivity index (χ1) is 27.4. The first-order valence-electron chi connectivity index (χ1n) is 19.3. The van der Waals surface area contributed by atoms with Crippen LogP contribution in [0.3, 0.4) is 0 Å². The Hall–Kier alpha value is -6.53. The predicted octanol–water partition coefficient (Wildman–Crippen LogP) is 14.2. The molecule has 0 bridgehead atoms. The van der Waals surface area contributed by atoms with Crippen LogP contribution in [0.2, 0.25) is 0 Å². The fourth-order valence-electron chi connectivity index (χ4n) is 9.26. The van der Waals surface area contributed by atoms with E-state index in [0.717, 1.165) is 11.1 Å². The topological polar surface area (TPSA) is 23.8 Å². The van der Waals surface area contributed by atoms with Crippen LogP contribution in [0.15, 0.2) is 164 Å². The average molecular weight is 734 g/mol. The van der Waals surface area contributed by atoms with Gasteiger partial charge in [-0.3, -0.25) is 0 Å². The monoisotopic (exact) mass is 733 g/mol. The highest BCUT2D eigenvalue weighted by atomic mass is 32.1. The van der Waals surface area contributed by atoms with Gasteiger partial charge in [0, 0.05) is 20.2 Å². The summed E-state index contributed by atoms with van der Waals surface area (Å²) in [6.45, 7) is 6.60. The Kier molecular flexibility index (Phi) is 8.10. The van der Waals surface area contributed by atoms with E-state index in [4.69, 9.17) is 0 Å². The molecular weight excluding hydrogens is 695 g/mol. The van der Waals surface area contributed by atoms with Crippen LogP contribution in [0.1, 0.15) is 61.2 Å². The molecule has 2 heteroatoms. The Morgan fingerprint density at radius 2 is 1.27 bits per heavy atom. The van der Waals surface area contributed by atoms with E-state index in [1.807, 2.05) is 29.5 Å². The normalized spacial score (nSPS) is 13.2. The van der Waals surface area contributed by atoms with E-state index in [1.54, 1.807) is 0 Å². The summed E-state index contributed by atoms with van der Waals surface area (Å²) >= 11 is 1.86. The van der Waals surface area contributed by atoms with E-state index < -0.39 is 5.41 Å². The molecule has 0 radical (unpaired) electrons. The molecule has 1 nitrogen and oxygen atoms in total. The molecule has 0 spiro atoms. The maximum absolute atomic E-state index is 9.82. The van der Waals surface area contributed by atoms with Gasteiger partial charge in [-0.2, -0.15) is 5.26 Å². The molecule has 0 unspecified atom stereocenters. The zero-order valence-corrected chi connectivity index (χ0v) is 32.5. The molecule has 1 aliphatic carbocycles. The molecule has 8 aromatic carbocycles. The second-order valence-corrected chi connectivity index (χ2v) is 16.4. The van der Waals surface area contributed by atoms with Crippen LogP contribution in [0.4, 0.5) is 0 Å². The lowest BCUT2D eigenvalue weighted by atomic mass is 9.67. The molecule has 1 heterocycles. The standard InChI is InChI=1S/C54H39NS/c1-34-18-23-41(24-19-34)54(42-25-20-35(2)21-26-42)49-32-38(22-27-48(49)52-46-14-5-4-12-43(46)36(3)28-50(52)54)31-40(30-37-10-8-11-39(29-37)33-55)44-15-9-16-47-45-13-6-7-17-51(45)56-53(44)47/h4-29,31-32H,30H2,1-3H3/b40-31-. The first kappa shape index (κ1) is 34.0. The highest BCUT2D eigenvalue weighted by molar-refractivity contribution is 7.26. The van der Waals surface area contributed by atoms with Gasteiger partial charge in [-0.05, 0) is 123 Å². The van der Waals surface area contributed by atoms with Crippen molar-refractivity contribution in [3.05, 3.63) is 225 Å². The van der Waals surface area contributed by atoms with Gasteiger partial charge in [-0.15, -0.1) is 11.3 Å². The Bertz CT molecular complexity index is 3030. The fourth-order valence-corrected chi connectivity index (χ4v) is 10.5. The summed E-state index contributed by atoms with van der Waals surface area (Å²) in [7, 11) is 0. The van der Waals surface area contributed by atoms with Crippen molar-refractivity contribution in [3.63, 3.8) is 0 Å². The maximum atomic E-state index is 9.82. The molecule has 56 heavy (non-hydrogen) atoms. The van der Waals surface area contributed by atoms with Gasteiger partial charge < -0.3 is 0 Å². The SMILES string of the molecule is Cc1ccc(C2(c3ccc(C)cc3)c3cc(/C=C(/Cc4cccc(C#N)c4)c4cccc5c4sc4ccccc45)ccc3-c3c2cc(C)c2ccccc32)cc1. The molecule has 0 saturated heterocycles. The van der Waals surface area contributed by atoms with Crippen LogP contribution < -0.4 is 0 Å². The zero-order valence-electron chi connectivity index (χ0n) is 31.7. The van der Waals surface area contributed by atoms with Gasteiger partial charge in [-0.25, -0.2) is 0 Å². The van der Waals surface area contributed by atoms with E-state index in [2.05, 4.69) is 179 Å². The summed E-state index contributed by atoms with van der Waals surface area (Å²) < 4.78 is 2.58. The Balaban J connectivity index is 1.27. The number of benzene rings is 8. The summed E-state index contributed by atoms with van der Waals surface area (Å²) in [5, 5.41) is 15.0. The number of nitrogens with zero attached hydrogens (tertiary/aromatic N) is 1. The van der Waals surface area contributed by atoms with Gasteiger partial charge in [0.15, 0.2) is 0 Å². The van der Waals surface area contributed by atoms with Crippen LogP contribution in [0.5, 0.6) is 0 Å². The summed E-state index contributed by atoms with van der Waals surface area (Å²) in [4.78, 5) is 0. The Morgan fingerprint density at radius 1 is 0.607 bits per heavy atom. The van der Waals surface area contributed by atoms with Gasteiger partial charge in [0.05, 0.1) is 17.0 Å². The van der Waals surface area contributed by atoms with Gasteiger partial charge in [-0.1, -0.05) is 157 Å². The lowest BCUT2D eigenvalue weighted by molar-refractivity contribution is 0.767. The summed E-state index contributed by atoms with van der Waals surface area (Å²) in [6, 6.07) is 62.8. The quantitative estimate of drug-likeness (QED) is 0.156. The summed E-state index contributed by atoms with van der Waals surface area (Å²) in [5.41, 5.74) is 16.5. The maximum Gasteiger partial charge on any atom is 0.0991 e. The Morgan fingerprint density at radius 3 is 2.00 bits per heavy atom. The third-order valence-corrected chi connectivity index (χ3v) is 13.1. The Labute approximate surface area is 332 Å². The molecule has 0 amide bonds. The van der Waals surface area contributed by atoms with Crippen molar-refractivity contribution in [1.82, 2.24) is 0 Å². The van der Waals surface area contributed by atoms with Crippen molar-refractivity contribution in [1.29, 1.82) is 5.26 Å².